The molecule has 0 aliphatic carbocycles. The summed E-state index contributed by atoms with van der Waals surface area (Å²) in [5.74, 6) is 3.84. The van der Waals surface area contributed by atoms with Crippen LogP contribution in [-0.4, -0.2) is 44.4 Å². The maximum atomic E-state index is 6.16. The van der Waals surface area contributed by atoms with Crippen molar-refractivity contribution in [2.45, 2.75) is 18.8 Å². The number of nitrogens with two attached hydrogens (primary N) is 1. The van der Waals surface area contributed by atoms with Crippen molar-refractivity contribution in [1.29, 1.82) is 0 Å². The lowest BCUT2D eigenvalue weighted by Crippen LogP contribution is -2.34. The maximum absolute atomic E-state index is 6.16. The molecule has 7 nitrogen and oxygen atoms in total. The van der Waals surface area contributed by atoms with Gasteiger partial charge in [-0.3, -0.25) is 0 Å². The molecule has 152 valence electrons. The highest BCUT2D eigenvalue weighted by molar-refractivity contribution is 5.88. The SMILES string of the molecule is COc1cc(OC)c(C2CCN(c3nc(N)c4ccccc4n3)CC2)c(OC)c1. The van der Waals surface area contributed by atoms with E-state index in [9.17, 15) is 0 Å². The van der Waals surface area contributed by atoms with E-state index in [4.69, 9.17) is 24.9 Å². The van der Waals surface area contributed by atoms with Crippen LogP contribution in [0, 0.1) is 0 Å². The molecule has 1 aliphatic heterocycles. The van der Waals surface area contributed by atoms with Crippen molar-refractivity contribution in [2.24, 2.45) is 0 Å². The van der Waals surface area contributed by atoms with Crippen molar-refractivity contribution < 1.29 is 14.2 Å². The van der Waals surface area contributed by atoms with Gasteiger partial charge in [0, 0.05) is 36.2 Å². The normalized spacial score (nSPS) is 14.8. The minimum Gasteiger partial charge on any atom is -0.496 e. The van der Waals surface area contributed by atoms with Crippen LogP contribution in [0.5, 0.6) is 17.2 Å². The molecule has 0 unspecified atom stereocenters. The zero-order valence-corrected chi connectivity index (χ0v) is 17.0. The van der Waals surface area contributed by atoms with Crippen molar-refractivity contribution in [3.63, 3.8) is 0 Å². The molecule has 7 heteroatoms. The number of fused-ring (bicyclic) bond motifs is 1. The number of para-hydroxylation sites is 1. The molecule has 1 saturated heterocycles. The van der Waals surface area contributed by atoms with E-state index in [0.717, 1.165) is 59.6 Å². The van der Waals surface area contributed by atoms with E-state index in [1.165, 1.54) is 0 Å². The predicted molar refractivity (Wildman–Crippen MR) is 114 cm³/mol. The third-order valence-corrected chi connectivity index (χ3v) is 5.56. The van der Waals surface area contributed by atoms with Gasteiger partial charge in [-0.05, 0) is 30.9 Å². The van der Waals surface area contributed by atoms with Crippen LogP contribution < -0.4 is 24.8 Å². The summed E-state index contributed by atoms with van der Waals surface area (Å²) in [6, 6.07) is 11.7. The number of nitrogens with zero attached hydrogens (tertiary/aromatic N) is 3. The number of piperidine rings is 1. The van der Waals surface area contributed by atoms with Gasteiger partial charge >= 0.3 is 0 Å². The highest BCUT2D eigenvalue weighted by atomic mass is 16.5. The molecule has 1 aliphatic rings. The molecule has 0 saturated carbocycles. The monoisotopic (exact) mass is 394 g/mol. The molecule has 2 N–H and O–H groups in total. The fourth-order valence-corrected chi connectivity index (χ4v) is 4.03. The lowest BCUT2D eigenvalue weighted by Gasteiger charge is -2.33. The Bertz CT molecular complexity index is 991. The lowest BCUT2D eigenvalue weighted by molar-refractivity contribution is 0.356. The van der Waals surface area contributed by atoms with Crippen molar-refractivity contribution in [2.75, 3.05) is 45.1 Å². The average Bonchev–Trinajstić information content (AvgIpc) is 2.78. The van der Waals surface area contributed by atoms with E-state index in [2.05, 4.69) is 9.88 Å². The van der Waals surface area contributed by atoms with Gasteiger partial charge in [0.1, 0.15) is 23.1 Å². The molecular weight excluding hydrogens is 368 g/mol. The van der Waals surface area contributed by atoms with Crippen molar-refractivity contribution in [3.05, 3.63) is 42.0 Å². The van der Waals surface area contributed by atoms with E-state index in [0.29, 0.717) is 17.7 Å². The molecule has 3 aromatic rings. The third-order valence-electron chi connectivity index (χ3n) is 5.56. The second kappa shape index (κ2) is 8.03. The second-order valence-electron chi connectivity index (χ2n) is 7.13. The molecule has 0 radical (unpaired) electrons. The Hall–Kier alpha value is -3.22. The summed E-state index contributed by atoms with van der Waals surface area (Å²) in [5, 5.41) is 0.888. The van der Waals surface area contributed by atoms with Gasteiger partial charge in [-0.25, -0.2) is 4.98 Å². The number of benzene rings is 2. The third kappa shape index (κ3) is 3.60. The first-order valence-electron chi connectivity index (χ1n) is 9.71. The number of rotatable bonds is 5. The van der Waals surface area contributed by atoms with E-state index in [1.807, 2.05) is 36.4 Å². The van der Waals surface area contributed by atoms with Crippen LogP contribution in [0.15, 0.2) is 36.4 Å². The Balaban J connectivity index is 1.57. The van der Waals surface area contributed by atoms with Gasteiger partial charge in [-0.1, -0.05) is 12.1 Å². The van der Waals surface area contributed by atoms with E-state index < -0.39 is 0 Å². The number of hydrogen-bond donors (Lipinski definition) is 1. The molecule has 4 rings (SSSR count). The summed E-state index contributed by atoms with van der Waals surface area (Å²) in [4.78, 5) is 11.5. The molecule has 0 spiro atoms. The Labute approximate surface area is 170 Å². The fraction of sp³-hybridized carbons (Fsp3) is 0.364. The highest BCUT2D eigenvalue weighted by Gasteiger charge is 2.28. The van der Waals surface area contributed by atoms with Crippen LogP contribution in [0.4, 0.5) is 11.8 Å². The molecule has 1 aromatic heterocycles. The summed E-state index contributed by atoms with van der Waals surface area (Å²) >= 11 is 0. The molecule has 2 aromatic carbocycles. The standard InChI is InChI=1S/C22H26N4O3/c1-27-15-12-18(28-2)20(19(13-15)29-3)14-8-10-26(11-9-14)22-24-17-7-5-4-6-16(17)21(23)25-22/h4-7,12-14H,8-11H2,1-3H3,(H2,23,24,25). The number of hydrogen-bond acceptors (Lipinski definition) is 7. The van der Waals surface area contributed by atoms with E-state index in [1.54, 1.807) is 21.3 Å². The minimum absolute atomic E-state index is 0.319. The van der Waals surface area contributed by atoms with Gasteiger partial charge in [0.25, 0.3) is 0 Å². The van der Waals surface area contributed by atoms with Gasteiger partial charge in [0.15, 0.2) is 0 Å². The van der Waals surface area contributed by atoms with Crippen LogP contribution >= 0.6 is 0 Å². The smallest absolute Gasteiger partial charge is 0.227 e. The van der Waals surface area contributed by atoms with Crippen molar-refractivity contribution >= 4 is 22.7 Å². The second-order valence-corrected chi connectivity index (χ2v) is 7.13. The minimum atomic E-state index is 0.319. The quantitative estimate of drug-likeness (QED) is 0.708. The number of aromatic nitrogens is 2. The van der Waals surface area contributed by atoms with Gasteiger partial charge in [-0.2, -0.15) is 4.98 Å². The summed E-state index contributed by atoms with van der Waals surface area (Å²) in [7, 11) is 5.00. The largest absolute Gasteiger partial charge is 0.496 e. The number of nitrogen functional groups attached to an aromatic ring is 1. The fourth-order valence-electron chi connectivity index (χ4n) is 4.03. The van der Waals surface area contributed by atoms with E-state index in [-0.39, 0.29) is 0 Å². The first-order valence-corrected chi connectivity index (χ1v) is 9.71. The molecule has 1 fully saturated rings. The molecular formula is C22H26N4O3. The maximum Gasteiger partial charge on any atom is 0.227 e. The summed E-state index contributed by atoms with van der Waals surface area (Å²) in [6.45, 7) is 1.67. The molecule has 0 amide bonds. The van der Waals surface area contributed by atoms with Crippen LogP contribution in [0.1, 0.15) is 24.3 Å². The first-order chi connectivity index (χ1) is 14.1. The Morgan fingerprint density at radius 1 is 0.931 bits per heavy atom. The summed E-state index contributed by atoms with van der Waals surface area (Å²) in [6.07, 6.45) is 1.88. The Morgan fingerprint density at radius 3 is 2.21 bits per heavy atom. The van der Waals surface area contributed by atoms with Crippen LogP contribution in [0.2, 0.25) is 0 Å². The Morgan fingerprint density at radius 2 is 1.59 bits per heavy atom. The number of ether oxygens (including phenoxy) is 3. The van der Waals surface area contributed by atoms with Gasteiger partial charge in [0.05, 0.1) is 26.8 Å². The van der Waals surface area contributed by atoms with Crippen molar-refractivity contribution in [3.8, 4) is 17.2 Å². The van der Waals surface area contributed by atoms with Gasteiger partial charge in [-0.15, -0.1) is 0 Å². The van der Waals surface area contributed by atoms with Gasteiger partial charge in [0.2, 0.25) is 5.95 Å². The molecule has 29 heavy (non-hydrogen) atoms. The van der Waals surface area contributed by atoms with Crippen LogP contribution in [-0.2, 0) is 0 Å². The first kappa shape index (κ1) is 19.1. The summed E-state index contributed by atoms with van der Waals surface area (Å²) < 4.78 is 16.7. The topological polar surface area (TPSA) is 82.7 Å². The van der Waals surface area contributed by atoms with Gasteiger partial charge < -0.3 is 24.8 Å². The zero-order chi connectivity index (χ0) is 20.4. The van der Waals surface area contributed by atoms with E-state index >= 15 is 0 Å². The Kier molecular flexibility index (Phi) is 5.29. The van der Waals surface area contributed by atoms with Crippen molar-refractivity contribution in [1.82, 2.24) is 9.97 Å². The molecule has 0 atom stereocenters. The number of methoxy groups -OCH3 is 3. The summed E-state index contributed by atoms with van der Waals surface area (Å²) in [5.41, 5.74) is 8.13. The molecule has 2 heterocycles. The van der Waals surface area contributed by atoms with Crippen LogP contribution in [0.3, 0.4) is 0 Å². The average molecular weight is 394 g/mol. The van der Waals surface area contributed by atoms with Crippen LogP contribution in [0.25, 0.3) is 10.9 Å². The predicted octanol–water partition coefficient (Wildman–Crippen LogP) is 3.62. The molecule has 0 bridgehead atoms. The zero-order valence-electron chi connectivity index (χ0n) is 17.0. The number of anilines is 2. The lowest BCUT2D eigenvalue weighted by atomic mass is 9.88. The highest BCUT2D eigenvalue weighted by Crippen LogP contribution is 2.43.